The van der Waals surface area contributed by atoms with Crippen LogP contribution in [0.5, 0.6) is 5.75 Å². The highest BCUT2D eigenvalue weighted by Gasteiger charge is 2.17. The van der Waals surface area contributed by atoms with E-state index in [2.05, 4.69) is 22.4 Å². The first-order valence-corrected chi connectivity index (χ1v) is 10.7. The first-order valence-electron chi connectivity index (χ1n) is 9.43. The van der Waals surface area contributed by atoms with E-state index < -0.39 is 6.10 Å². The van der Waals surface area contributed by atoms with Crippen molar-refractivity contribution in [2.75, 3.05) is 5.32 Å². The first kappa shape index (κ1) is 20.1. The average Bonchev–Trinajstić information content (AvgIpc) is 3.24. The number of aromatic nitrogens is 1. The molecule has 0 saturated heterocycles. The number of amides is 1. The fraction of sp³-hybridized carbons (Fsp3) is 0.0833. The standard InChI is InChI=1S/C24H19ClN2O2S/c1-16(29-21-13-9-18(10-14-21)17-5-3-2-4-6-17)23(28)27-24-26-22(15-30-24)19-7-11-20(25)12-8-19/h2-16H,1H3,(H,26,27,28). The number of benzene rings is 3. The lowest BCUT2D eigenvalue weighted by molar-refractivity contribution is -0.122. The zero-order valence-corrected chi connectivity index (χ0v) is 17.8. The fourth-order valence-electron chi connectivity index (χ4n) is 2.91. The van der Waals surface area contributed by atoms with Crippen LogP contribution in [0.2, 0.25) is 5.02 Å². The van der Waals surface area contributed by atoms with Gasteiger partial charge in [-0.15, -0.1) is 11.3 Å². The predicted molar refractivity (Wildman–Crippen MR) is 123 cm³/mol. The van der Waals surface area contributed by atoms with Gasteiger partial charge in [-0.1, -0.05) is 66.2 Å². The number of carbonyl (C=O) groups is 1. The maximum Gasteiger partial charge on any atom is 0.266 e. The molecule has 0 spiro atoms. The molecule has 150 valence electrons. The van der Waals surface area contributed by atoms with Crippen LogP contribution in [-0.4, -0.2) is 17.0 Å². The maximum atomic E-state index is 12.5. The number of anilines is 1. The monoisotopic (exact) mass is 434 g/mol. The van der Waals surface area contributed by atoms with E-state index in [-0.39, 0.29) is 5.91 Å². The van der Waals surface area contributed by atoms with Gasteiger partial charge in [-0.05, 0) is 42.3 Å². The van der Waals surface area contributed by atoms with Crippen LogP contribution < -0.4 is 10.1 Å². The topological polar surface area (TPSA) is 51.2 Å². The second-order valence-electron chi connectivity index (χ2n) is 6.68. The zero-order valence-electron chi connectivity index (χ0n) is 16.2. The van der Waals surface area contributed by atoms with Crippen molar-refractivity contribution in [2.45, 2.75) is 13.0 Å². The van der Waals surface area contributed by atoms with Gasteiger partial charge in [0.25, 0.3) is 5.91 Å². The van der Waals surface area contributed by atoms with Crippen molar-refractivity contribution in [1.29, 1.82) is 0 Å². The van der Waals surface area contributed by atoms with E-state index in [4.69, 9.17) is 16.3 Å². The van der Waals surface area contributed by atoms with E-state index >= 15 is 0 Å². The minimum Gasteiger partial charge on any atom is -0.481 e. The molecule has 4 rings (SSSR count). The maximum absolute atomic E-state index is 12.5. The Hall–Kier alpha value is -3.15. The van der Waals surface area contributed by atoms with Gasteiger partial charge in [-0.3, -0.25) is 10.1 Å². The minimum absolute atomic E-state index is 0.251. The molecular weight excluding hydrogens is 416 g/mol. The molecular formula is C24H19ClN2O2S. The predicted octanol–water partition coefficient (Wildman–Crippen LogP) is 6.54. The summed E-state index contributed by atoms with van der Waals surface area (Å²) in [6.07, 6.45) is -0.657. The molecule has 1 N–H and O–H groups in total. The molecule has 0 radical (unpaired) electrons. The van der Waals surface area contributed by atoms with Crippen molar-refractivity contribution in [3.05, 3.63) is 89.3 Å². The SMILES string of the molecule is CC(Oc1ccc(-c2ccccc2)cc1)C(=O)Nc1nc(-c2ccc(Cl)cc2)cs1. The van der Waals surface area contributed by atoms with Crippen LogP contribution >= 0.6 is 22.9 Å². The van der Waals surface area contributed by atoms with Gasteiger partial charge in [0.05, 0.1) is 5.69 Å². The van der Waals surface area contributed by atoms with E-state index in [0.717, 1.165) is 22.4 Å². The number of ether oxygens (including phenoxy) is 1. The summed E-state index contributed by atoms with van der Waals surface area (Å²) in [6, 6.07) is 25.2. The van der Waals surface area contributed by atoms with Crippen LogP contribution in [0.4, 0.5) is 5.13 Å². The summed E-state index contributed by atoms with van der Waals surface area (Å²) in [5.41, 5.74) is 3.96. The lowest BCUT2D eigenvalue weighted by Crippen LogP contribution is -2.30. The molecule has 1 unspecified atom stereocenters. The Bertz CT molecular complexity index is 1130. The van der Waals surface area contributed by atoms with Gasteiger partial charge in [0, 0.05) is 16.0 Å². The molecule has 1 atom stereocenters. The lowest BCUT2D eigenvalue weighted by atomic mass is 10.1. The zero-order chi connectivity index (χ0) is 20.9. The quantitative estimate of drug-likeness (QED) is 0.375. The van der Waals surface area contributed by atoms with Gasteiger partial charge in [0.1, 0.15) is 5.75 Å². The van der Waals surface area contributed by atoms with Crippen molar-refractivity contribution in [3.63, 3.8) is 0 Å². The largest absolute Gasteiger partial charge is 0.481 e. The molecule has 0 aliphatic carbocycles. The van der Waals surface area contributed by atoms with Crippen LogP contribution in [0.25, 0.3) is 22.4 Å². The van der Waals surface area contributed by atoms with Crippen molar-refractivity contribution in [1.82, 2.24) is 4.98 Å². The molecule has 0 saturated carbocycles. The Morgan fingerprint density at radius 2 is 1.57 bits per heavy atom. The van der Waals surface area contributed by atoms with Crippen LogP contribution in [0.15, 0.2) is 84.2 Å². The highest BCUT2D eigenvalue weighted by molar-refractivity contribution is 7.14. The molecule has 4 aromatic rings. The lowest BCUT2D eigenvalue weighted by Gasteiger charge is -2.14. The molecule has 30 heavy (non-hydrogen) atoms. The number of thiazole rings is 1. The normalized spacial score (nSPS) is 11.7. The third-order valence-electron chi connectivity index (χ3n) is 4.52. The highest BCUT2D eigenvalue weighted by Crippen LogP contribution is 2.26. The van der Waals surface area contributed by atoms with Crippen molar-refractivity contribution in [3.8, 4) is 28.1 Å². The summed E-state index contributed by atoms with van der Waals surface area (Å²) in [5, 5.41) is 5.91. The molecule has 0 fully saturated rings. The summed E-state index contributed by atoms with van der Waals surface area (Å²) < 4.78 is 5.79. The van der Waals surface area contributed by atoms with Crippen molar-refractivity contribution in [2.24, 2.45) is 0 Å². The molecule has 0 aliphatic heterocycles. The van der Waals surface area contributed by atoms with E-state index in [1.165, 1.54) is 11.3 Å². The Morgan fingerprint density at radius 3 is 2.27 bits per heavy atom. The van der Waals surface area contributed by atoms with Gasteiger partial charge >= 0.3 is 0 Å². The number of nitrogens with zero attached hydrogens (tertiary/aromatic N) is 1. The van der Waals surface area contributed by atoms with Crippen LogP contribution in [0, 0.1) is 0 Å². The van der Waals surface area contributed by atoms with Crippen molar-refractivity contribution < 1.29 is 9.53 Å². The van der Waals surface area contributed by atoms with E-state index in [9.17, 15) is 4.79 Å². The number of rotatable bonds is 6. The summed E-state index contributed by atoms with van der Waals surface area (Å²) in [5.74, 6) is 0.387. The number of halogens is 1. The van der Waals surface area contributed by atoms with Crippen LogP contribution in [0.3, 0.4) is 0 Å². The fourth-order valence-corrected chi connectivity index (χ4v) is 3.75. The Morgan fingerprint density at radius 1 is 0.933 bits per heavy atom. The molecule has 3 aromatic carbocycles. The number of hydrogen-bond donors (Lipinski definition) is 1. The second-order valence-corrected chi connectivity index (χ2v) is 7.98. The summed E-state index contributed by atoms with van der Waals surface area (Å²) >= 11 is 7.29. The molecule has 1 aromatic heterocycles. The minimum atomic E-state index is -0.657. The first-order chi connectivity index (χ1) is 14.6. The third-order valence-corrected chi connectivity index (χ3v) is 5.53. The Kier molecular flexibility index (Phi) is 6.12. The summed E-state index contributed by atoms with van der Waals surface area (Å²) in [7, 11) is 0. The third kappa shape index (κ3) is 4.87. The van der Waals surface area contributed by atoms with Gasteiger partial charge in [-0.2, -0.15) is 0 Å². The van der Waals surface area contributed by atoms with E-state index in [0.29, 0.717) is 15.9 Å². The Labute approximate surface area is 184 Å². The van der Waals surface area contributed by atoms with E-state index in [1.807, 2.05) is 72.1 Å². The number of hydrogen-bond acceptors (Lipinski definition) is 4. The molecule has 1 amide bonds. The molecule has 1 heterocycles. The molecule has 0 bridgehead atoms. The molecule has 4 nitrogen and oxygen atoms in total. The van der Waals surface area contributed by atoms with Gasteiger partial charge in [-0.25, -0.2) is 4.98 Å². The van der Waals surface area contributed by atoms with Crippen LogP contribution in [0.1, 0.15) is 6.92 Å². The molecule has 0 aliphatic rings. The summed E-state index contributed by atoms with van der Waals surface area (Å²) in [6.45, 7) is 1.72. The second kappa shape index (κ2) is 9.11. The Balaban J connectivity index is 1.37. The highest BCUT2D eigenvalue weighted by atomic mass is 35.5. The number of carbonyl (C=O) groups excluding carboxylic acids is 1. The average molecular weight is 435 g/mol. The van der Waals surface area contributed by atoms with Gasteiger partial charge in [0.2, 0.25) is 0 Å². The number of nitrogens with one attached hydrogen (secondary N) is 1. The summed E-state index contributed by atoms with van der Waals surface area (Å²) in [4.78, 5) is 17.0. The van der Waals surface area contributed by atoms with Crippen LogP contribution in [-0.2, 0) is 4.79 Å². The van der Waals surface area contributed by atoms with Gasteiger partial charge in [0.15, 0.2) is 11.2 Å². The van der Waals surface area contributed by atoms with Crippen molar-refractivity contribution >= 4 is 34.0 Å². The van der Waals surface area contributed by atoms with Gasteiger partial charge < -0.3 is 4.74 Å². The van der Waals surface area contributed by atoms with E-state index in [1.54, 1.807) is 6.92 Å². The molecule has 6 heteroatoms. The smallest absolute Gasteiger partial charge is 0.266 e.